The van der Waals surface area contributed by atoms with Crippen molar-refractivity contribution in [2.24, 2.45) is 5.92 Å². The van der Waals surface area contributed by atoms with Gasteiger partial charge < -0.3 is 19.5 Å². The van der Waals surface area contributed by atoms with E-state index in [9.17, 15) is 4.79 Å². The first-order valence-electron chi connectivity index (χ1n) is 9.19. The molecule has 4 rings (SSSR count). The summed E-state index contributed by atoms with van der Waals surface area (Å²) >= 11 is 5.68. The van der Waals surface area contributed by atoms with Crippen LogP contribution in [0.2, 0.25) is 0 Å². The van der Waals surface area contributed by atoms with Crippen LogP contribution in [0.25, 0.3) is 0 Å². The maximum atomic E-state index is 13.0. The number of nitrogens with one attached hydrogen (secondary N) is 1. The van der Waals surface area contributed by atoms with Gasteiger partial charge in [-0.3, -0.25) is 9.69 Å². The van der Waals surface area contributed by atoms with E-state index in [1.165, 1.54) is 0 Å². The molecule has 0 saturated carbocycles. The fourth-order valence-corrected chi connectivity index (χ4v) is 4.50. The number of anilines is 1. The minimum Gasteiger partial charge on any atom is -0.493 e. The third-order valence-electron chi connectivity index (χ3n) is 5.26. The lowest BCUT2D eigenvalue weighted by molar-refractivity contribution is -0.159. The Labute approximate surface area is 169 Å². The molecule has 2 aromatic rings. The zero-order valence-electron chi connectivity index (χ0n) is 16.0. The highest BCUT2D eigenvalue weighted by molar-refractivity contribution is 7.80. The molecule has 2 aliphatic heterocycles. The Morgan fingerprint density at radius 1 is 1.25 bits per heavy atom. The minimum atomic E-state index is -1.08. The molecule has 0 spiro atoms. The summed E-state index contributed by atoms with van der Waals surface area (Å²) in [5.41, 5.74) is 0.570. The minimum absolute atomic E-state index is 0.291. The third-order valence-corrected chi connectivity index (χ3v) is 5.56. The highest BCUT2D eigenvalue weighted by Crippen LogP contribution is 2.52. The van der Waals surface area contributed by atoms with Crippen LogP contribution < -0.4 is 19.7 Å². The van der Waals surface area contributed by atoms with E-state index in [0.717, 1.165) is 11.3 Å². The number of rotatable bonds is 4. The number of carbonyl (C=O) groups excluding carboxylic acids is 1. The Kier molecular flexibility index (Phi) is 4.63. The van der Waals surface area contributed by atoms with E-state index in [1.54, 1.807) is 14.0 Å². The predicted octanol–water partition coefficient (Wildman–Crippen LogP) is 3.42. The number of nitrogens with zero attached hydrogens (tertiary/aromatic N) is 1. The average Bonchev–Trinajstić information content (AvgIpc) is 2.68. The molecule has 146 valence electrons. The van der Waals surface area contributed by atoms with E-state index in [4.69, 9.17) is 26.4 Å². The van der Waals surface area contributed by atoms with Gasteiger partial charge in [0.05, 0.1) is 19.8 Å². The van der Waals surface area contributed by atoms with E-state index in [1.807, 2.05) is 60.4 Å². The van der Waals surface area contributed by atoms with Gasteiger partial charge in [0.1, 0.15) is 5.92 Å². The highest BCUT2D eigenvalue weighted by Gasteiger charge is 2.60. The van der Waals surface area contributed by atoms with Crippen LogP contribution in [-0.2, 0) is 9.53 Å². The lowest BCUT2D eigenvalue weighted by Crippen LogP contribution is -2.71. The number of esters is 1. The molecule has 2 heterocycles. The van der Waals surface area contributed by atoms with Gasteiger partial charge in [-0.1, -0.05) is 30.3 Å². The molecule has 0 radical (unpaired) electrons. The Bertz CT molecular complexity index is 920. The molecule has 28 heavy (non-hydrogen) atoms. The molecule has 3 unspecified atom stereocenters. The van der Waals surface area contributed by atoms with E-state index >= 15 is 0 Å². The van der Waals surface area contributed by atoms with Gasteiger partial charge >= 0.3 is 5.97 Å². The summed E-state index contributed by atoms with van der Waals surface area (Å²) < 4.78 is 17.4. The van der Waals surface area contributed by atoms with Crippen LogP contribution in [0.5, 0.6) is 11.5 Å². The summed E-state index contributed by atoms with van der Waals surface area (Å²) in [5, 5.41) is 3.83. The normalized spacial score (nSPS) is 25.2. The van der Waals surface area contributed by atoms with Crippen molar-refractivity contribution in [3.05, 3.63) is 54.1 Å². The number of fused-ring (bicyclic) bond motifs is 4. The van der Waals surface area contributed by atoms with Crippen molar-refractivity contribution in [3.8, 4) is 11.5 Å². The molecular weight excluding hydrogens is 376 g/mol. The fraction of sp³-hybridized carbons (Fsp3) is 0.333. The number of benzene rings is 2. The van der Waals surface area contributed by atoms with Gasteiger partial charge in [-0.2, -0.15) is 0 Å². The van der Waals surface area contributed by atoms with E-state index < -0.39 is 11.6 Å². The molecule has 2 aromatic carbocycles. The van der Waals surface area contributed by atoms with Crippen LogP contribution in [-0.4, -0.2) is 30.5 Å². The second kappa shape index (κ2) is 6.98. The number of carbonyl (C=O) groups is 1. The Balaban J connectivity index is 1.92. The molecular formula is C21H22N2O4S. The van der Waals surface area contributed by atoms with Gasteiger partial charge in [-0.05, 0) is 44.3 Å². The molecule has 1 saturated heterocycles. The number of hydrogen-bond donors (Lipinski definition) is 1. The summed E-state index contributed by atoms with van der Waals surface area (Å²) in [6.07, 6.45) is 0. The Morgan fingerprint density at radius 2 is 2.00 bits per heavy atom. The maximum absolute atomic E-state index is 13.0. The summed E-state index contributed by atoms with van der Waals surface area (Å²) in [6, 6.07) is 14.9. The Hall–Kier alpha value is -2.80. The van der Waals surface area contributed by atoms with Crippen LogP contribution in [0.4, 0.5) is 5.69 Å². The van der Waals surface area contributed by atoms with Gasteiger partial charge in [-0.25, -0.2) is 0 Å². The van der Waals surface area contributed by atoms with Crippen LogP contribution in [0, 0.1) is 5.92 Å². The first-order valence-corrected chi connectivity index (χ1v) is 9.60. The zero-order chi connectivity index (χ0) is 19.9. The number of ether oxygens (including phenoxy) is 3. The monoisotopic (exact) mass is 398 g/mol. The number of hydrogen-bond acceptors (Lipinski definition) is 5. The van der Waals surface area contributed by atoms with Crippen LogP contribution in [0.1, 0.15) is 25.5 Å². The fourth-order valence-electron chi connectivity index (χ4n) is 4.09. The number of methoxy groups -OCH3 is 1. The average molecular weight is 398 g/mol. The number of para-hydroxylation sites is 2. The van der Waals surface area contributed by atoms with Crippen molar-refractivity contribution in [1.29, 1.82) is 0 Å². The van der Waals surface area contributed by atoms with Gasteiger partial charge in [0.15, 0.2) is 16.6 Å². The van der Waals surface area contributed by atoms with Gasteiger partial charge in [0.2, 0.25) is 5.72 Å². The smallest absolute Gasteiger partial charge is 0.317 e. The third kappa shape index (κ3) is 2.69. The SMILES string of the molecule is CCOC(=O)C1C2NC(=S)N(c3ccccc3)C1(C)Oc1c(OC)cccc12. The van der Waals surface area contributed by atoms with Gasteiger partial charge in [0, 0.05) is 11.3 Å². The van der Waals surface area contributed by atoms with Crippen LogP contribution in [0.15, 0.2) is 48.5 Å². The van der Waals surface area contributed by atoms with Crippen molar-refractivity contribution in [2.45, 2.75) is 25.6 Å². The molecule has 2 aliphatic rings. The molecule has 6 nitrogen and oxygen atoms in total. The van der Waals surface area contributed by atoms with Crippen molar-refractivity contribution < 1.29 is 19.0 Å². The van der Waals surface area contributed by atoms with E-state index in [-0.39, 0.29) is 12.0 Å². The lowest BCUT2D eigenvalue weighted by Gasteiger charge is -2.55. The molecule has 0 amide bonds. The molecule has 1 N–H and O–H groups in total. The van der Waals surface area contributed by atoms with E-state index in [0.29, 0.717) is 23.2 Å². The predicted molar refractivity (Wildman–Crippen MR) is 110 cm³/mol. The standard InChI is InChI=1S/C21H22N2O4S/c1-4-26-19(24)16-17-14-11-8-12-15(25-3)18(14)27-21(16,2)23(20(28)22-17)13-9-6-5-7-10-13/h5-12,16-17H,4H2,1-3H3,(H,22,28). The maximum Gasteiger partial charge on any atom is 0.317 e. The molecule has 7 heteroatoms. The largest absolute Gasteiger partial charge is 0.493 e. The Morgan fingerprint density at radius 3 is 2.68 bits per heavy atom. The molecule has 1 fully saturated rings. The number of thiocarbonyl (C=S) groups is 1. The van der Waals surface area contributed by atoms with Gasteiger partial charge in [-0.15, -0.1) is 0 Å². The lowest BCUT2D eigenvalue weighted by atomic mass is 9.79. The first-order chi connectivity index (χ1) is 13.5. The van der Waals surface area contributed by atoms with Crippen LogP contribution in [0.3, 0.4) is 0 Å². The zero-order valence-corrected chi connectivity index (χ0v) is 16.8. The molecule has 3 atom stereocenters. The van der Waals surface area contributed by atoms with Gasteiger partial charge in [0.25, 0.3) is 0 Å². The van der Waals surface area contributed by atoms with Crippen LogP contribution >= 0.6 is 12.2 Å². The van der Waals surface area contributed by atoms with Crippen molar-refractivity contribution >= 4 is 29.0 Å². The van der Waals surface area contributed by atoms with E-state index in [2.05, 4.69) is 5.32 Å². The van der Waals surface area contributed by atoms with Crippen molar-refractivity contribution in [3.63, 3.8) is 0 Å². The summed E-state index contributed by atoms with van der Waals surface area (Å²) in [7, 11) is 1.60. The first kappa shape index (κ1) is 18.6. The van der Waals surface area contributed by atoms with Crippen molar-refractivity contribution in [1.82, 2.24) is 5.32 Å². The highest BCUT2D eigenvalue weighted by atomic mass is 32.1. The second-order valence-electron chi connectivity index (χ2n) is 6.86. The summed E-state index contributed by atoms with van der Waals surface area (Å²) in [6.45, 7) is 3.96. The molecule has 2 bridgehead atoms. The summed E-state index contributed by atoms with van der Waals surface area (Å²) in [4.78, 5) is 14.9. The molecule has 0 aliphatic carbocycles. The topological polar surface area (TPSA) is 60.0 Å². The van der Waals surface area contributed by atoms with Crippen molar-refractivity contribution in [2.75, 3.05) is 18.6 Å². The second-order valence-corrected chi connectivity index (χ2v) is 7.25. The summed E-state index contributed by atoms with van der Waals surface area (Å²) in [5.74, 6) is 0.256. The quantitative estimate of drug-likeness (QED) is 0.625. The molecule has 0 aromatic heterocycles.